The predicted octanol–water partition coefficient (Wildman–Crippen LogP) is 3.43. The van der Waals surface area contributed by atoms with Gasteiger partial charge in [-0.3, -0.25) is 0 Å². The molecule has 0 aliphatic rings. The molecule has 1 heterocycles. The van der Waals surface area contributed by atoms with Crippen molar-refractivity contribution in [3.8, 4) is 11.3 Å². The third-order valence-electron chi connectivity index (χ3n) is 2.49. The van der Waals surface area contributed by atoms with Crippen LogP contribution in [0.5, 0.6) is 0 Å². The molecule has 0 spiro atoms. The molecule has 0 unspecified atom stereocenters. The van der Waals surface area contributed by atoms with Gasteiger partial charge < -0.3 is 9.52 Å². The second kappa shape index (κ2) is 4.70. The van der Waals surface area contributed by atoms with Crippen molar-refractivity contribution in [2.45, 2.75) is 6.92 Å². The van der Waals surface area contributed by atoms with Crippen LogP contribution in [0.1, 0.15) is 12.5 Å². The van der Waals surface area contributed by atoms with E-state index < -0.39 is 5.97 Å². The molecule has 3 nitrogen and oxygen atoms in total. The zero-order chi connectivity index (χ0) is 12.3. The average molecular weight is 228 g/mol. The molecule has 0 aliphatic heterocycles. The summed E-state index contributed by atoms with van der Waals surface area (Å²) in [7, 11) is 0. The van der Waals surface area contributed by atoms with E-state index in [4.69, 9.17) is 9.52 Å². The third kappa shape index (κ3) is 2.64. The molecule has 0 saturated heterocycles. The monoisotopic (exact) mass is 228 g/mol. The third-order valence-corrected chi connectivity index (χ3v) is 2.49. The number of carbonyl (C=O) groups is 1. The van der Waals surface area contributed by atoms with Crippen molar-refractivity contribution >= 4 is 11.5 Å². The van der Waals surface area contributed by atoms with E-state index in [2.05, 4.69) is 0 Å². The predicted molar refractivity (Wildman–Crippen MR) is 65.4 cm³/mol. The van der Waals surface area contributed by atoms with Gasteiger partial charge in [0.05, 0.1) is 6.26 Å². The summed E-state index contributed by atoms with van der Waals surface area (Å²) in [5.74, 6) is -0.131. The van der Waals surface area contributed by atoms with Crippen molar-refractivity contribution in [3.05, 3.63) is 54.3 Å². The molecule has 17 heavy (non-hydrogen) atoms. The molecule has 0 fully saturated rings. The van der Waals surface area contributed by atoms with E-state index in [-0.39, 0.29) is 0 Å². The Morgan fingerprint density at radius 2 is 1.94 bits per heavy atom. The number of benzene rings is 1. The average Bonchev–Trinajstić information content (AvgIpc) is 2.82. The van der Waals surface area contributed by atoms with Gasteiger partial charge in [0.15, 0.2) is 0 Å². The zero-order valence-electron chi connectivity index (χ0n) is 9.38. The van der Waals surface area contributed by atoms with E-state index >= 15 is 0 Å². The first-order chi connectivity index (χ1) is 8.16. The van der Waals surface area contributed by atoms with Crippen LogP contribution in [0, 0.1) is 0 Å². The highest BCUT2D eigenvalue weighted by molar-refractivity contribution is 5.89. The number of rotatable bonds is 3. The molecule has 0 atom stereocenters. The van der Waals surface area contributed by atoms with E-state index in [9.17, 15) is 4.79 Å². The Labute approximate surface area is 99.0 Å². The minimum absolute atomic E-state index is 0.725. The van der Waals surface area contributed by atoms with E-state index in [1.165, 1.54) is 6.08 Å². The molecule has 3 heteroatoms. The maximum Gasteiger partial charge on any atom is 0.328 e. The summed E-state index contributed by atoms with van der Waals surface area (Å²) in [6, 6.07) is 11.3. The lowest BCUT2D eigenvalue weighted by atomic mass is 10.0. The molecule has 0 radical (unpaired) electrons. The molecule has 0 saturated carbocycles. The van der Waals surface area contributed by atoms with Crippen LogP contribution >= 0.6 is 0 Å². The summed E-state index contributed by atoms with van der Waals surface area (Å²) in [5.41, 5.74) is 2.59. The summed E-state index contributed by atoms with van der Waals surface area (Å²) >= 11 is 0. The van der Waals surface area contributed by atoms with Gasteiger partial charge in [0, 0.05) is 11.6 Å². The van der Waals surface area contributed by atoms with Crippen LogP contribution in [0.4, 0.5) is 0 Å². The quantitative estimate of drug-likeness (QED) is 0.819. The Bertz CT molecular complexity index is 533. The standard InChI is InChI=1S/C14H12O3/c1-10(9-14(15)16)11-4-6-12(7-5-11)13-3-2-8-17-13/h2-9H,1H3,(H,15,16)/b10-9-. The highest BCUT2D eigenvalue weighted by atomic mass is 16.4. The number of furan rings is 1. The Kier molecular flexibility index (Phi) is 3.10. The lowest BCUT2D eigenvalue weighted by molar-refractivity contribution is -0.131. The molecule has 1 aromatic carbocycles. The highest BCUT2D eigenvalue weighted by Crippen LogP contribution is 2.22. The van der Waals surface area contributed by atoms with E-state index in [1.807, 2.05) is 36.4 Å². The van der Waals surface area contributed by atoms with Crippen LogP contribution < -0.4 is 0 Å². The fourth-order valence-corrected chi connectivity index (χ4v) is 1.61. The molecule has 0 bridgehead atoms. The second-order valence-corrected chi connectivity index (χ2v) is 3.72. The zero-order valence-corrected chi connectivity index (χ0v) is 9.38. The molecular formula is C14H12O3. The molecule has 1 N–H and O–H groups in total. The van der Waals surface area contributed by atoms with Gasteiger partial charge in [-0.2, -0.15) is 0 Å². The number of carboxylic acids is 1. The maximum atomic E-state index is 10.5. The van der Waals surface area contributed by atoms with Crippen LogP contribution in [0.2, 0.25) is 0 Å². The van der Waals surface area contributed by atoms with Crippen LogP contribution in [-0.4, -0.2) is 11.1 Å². The topological polar surface area (TPSA) is 50.4 Å². The van der Waals surface area contributed by atoms with Crippen LogP contribution in [-0.2, 0) is 4.79 Å². The summed E-state index contributed by atoms with van der Waals surface area (Å²) in [5, 5.41) is 8.66. The lowest BCUT2D eigenvalue weighted by Gasteiger charge is -2.02. The van der Waals surface area contributed by atoms with Gasteiger partial charge in [-0.1, -0.05) is 24.3 Å². The summed E-state index contributed by atoms with van der Waals surface area (Å²) in [6.07, 6.45) is 2.82. The number of aliphatic carboxylic acids is 1. The van der Waals surface area contributed by atoms with Crippen LogP contribution in [0.3, 0.4) is 0 Å². The van der Waals surface area contributed by atoms with E-state index in [0.717, 1.165) is 22.5 Å². The molecule has 86 valence electrons. The second-order valence-electron chi connectivity index (χ2n) is 3.72. The van der Waals surface area contributed by atoms with Crippen molar-refractivity contribution in [2.24, 2.45) is 0 Å². The molecule has 2 aromatic rings. The first kappa shape index (κ1) is 11.2. The van der Waals surface area contributed by atoms with Crippen molar-refractivity contribution < 1.29 is 14.3 Å². The number of hydrogen-bond acceptors (Lipinski definition) is 2. The van der Waals surface area contributed by atoms with Gasteiger partial charge in [0.25, 0.3) is 0 Å². The molecule has 0 aliphatic carbocycles. The Morgan fingerprint density at radius 3 is 2.47 bits per heavy atom. The number of hydrogen-bond donors (Lipinski definition) is 1. The first-order valence-electron chi connectivity index (χ1n) is 5.22. The highest BCUT2D eigenvalue weighted by Gasteiger charge is 2.02. The summed E-state index contributed by atoms with van der Waals surface area (Å²) < 4.78 is 5.28. The fraction of sp³-hybridized carbons (Fsp3) is 0.0714. The van der Waals surface area contributed by atoms with Gasteiger partial charge in [-0.15, -0.1) is 0 Å². The van der Waals surface area contributed by atoms with Gasteiger partial charge in [0.2, 0.25) is 0 Å². The lowest BCUT2D eigenvalue weighted by Crippen LogP contribution is -1.89. The van der Waals surface area contributed by atoms with Gasteiger partial charge in [-0.25, -0.2) is 4.79 Å². The number of carboxylic acid groups (broad SMARTS) is 1. The molecule has 2 rings (SSSR count). The maximum absolute atomic E-state index is 10.5. The fourth-order valence-electron chi connectivity index (χ4n) is 1.61. The smallest absolute Gasteiger partial charge is 0.328 e. The van der Waals surface area contributed by atoms with E-state index in [1.54, 1.807) is 13.2 Å². The van der Waals surface area contributed by atoms with Crippen molar-refractivity contribution in [1.29, 1.82) is 0 Å². The SMILES string of the molecule is C/C(=C/C(=O)O)c1ccc(-c2ccco2)cc1. The van der Waals surface area contributed by atoms with Gasteiger partial charge in [-0.05, 0) is 30.2 Å². The Hall–Kier alpha value is -2.29. The van der Waals surface area contributed by atoms with Gasteiger partial charge in [0.1, 0.15) is 5.76 Å². The largest absolute Gasteiger partial charge is 0.478 e. The van der Waals surface area contributed by atoms with E-state index in [0.29, 0.717) is 0 Å². The Balaban J connectivity index is 2.27. The number of allylic oxidation sites excluding steroid dienone is 1. The van der Waals surface area contributed by atoms with Crippen molar-refractivity contribution in [3.63, 3.8) is 0 Å². The van der Waals surface area contributed by atoms with Crippen molar-refractivity contribution in [2.75, 3.05) is 0 Å². The minimum atomic E-state index is -0.933. The summed E-state index contributed by atoms with van der Waals surface area (Å²) in [6.45, 7) is 1.77. The first-order valence-corrected chi connectivity index (χ1v) is 5.22. The normalized spacial score (nSPS) is 11.5. The molecular weight excluding hydrogens is 216 g/mol. The van der Waals surface area contributed by atoms with Crippen molar-refractivity contribution in [1.82, 2.24) is 0 Å². The molecule has 0 amide bonds. The minimum Gasteiger partial charge on any atom is -0.478 e. The van der Waals surface area contributed by atoms with Gasteiger partial charge >= 0.3 is 5.97 Å². The molecule has 1 aromatic heterocycles. The Morgan fingerprint density at radius 1 is 1.24 bits per heavy atom. The summed E-state index contributed by atoms with van der Waals surface area (Å²) in [4.78, 5) is 10.5. The van der Waals surface area contributed by atoms with Crippen LogP contribution in [0.15, 0.2) is 53.2 Å². The van der Waals surface area contributed by atoms with Crippen LogP contribution in [0.25, 0.3) is 16.9 Å².